The van der Waals surface area contributed by atoms with Gasteiger partial charge in [0.15, 0.2) is 0 Å². The van der Waals surface area contributed by atoms with Crippen LogP contribution in [0.5, 0.6) is 0 Å². The van der Waals surface area contributed by atoms with E-state index in [2.05, 4.69) is 5.32 Å². The topological polar surface area (TPSA) is 87.5 Å². The molecule has 9 heteroatoms. The van der Waals surface area contributed by atoms with E-state index in [0.717, 1.165) is 0 Å². The Morgan fingerprint density at radius 1 is 1.33 bits per heavy atom. The van der Waals surface area contributed by atoms with Gasteiger partial charge in [0, 0.05) is 26.1 Å². The quantitative estimate of drug-likeness (QED) is 0.558. The highest BCUT2D eigenvalue weighted by Crippen LogP contribution is 2.13. The first-order chi connectivity index (χ1) is 9.79. The maximum Gasteiger partial charge on any atom is 0.405 e. The number of hydrogen-bond donors (Lipinski definition) is 3. The number of rotatable bonds is 7. The summed E-state index contributed by atoms with van der Waals surface area (Å²) in [4.78, 5) is 24.3. The van der Waals surface area contributed by atoms with Crippen LogP contribution in [-0.2, 0) is 9.59 Å². The Labute approximate surface area is 121 Å². The molecule has 0 aromatic carbocycles. The Kier molecular flexibility index (Phi) is 6.90. The molecule has 0 radical (unpaired) electrons. The number of nitrogens with zero attached hydrogens (tertiary/aromatic N) is 1. The van der Waals surface area contributed by atoms with Crippen LogP contribution in [0.3, 0.4) is 0 Å². The van der Waals surface area contributed by atoms with Crippen molar-refractivity contribution < 1.29 is 22.8 Å². The van der Waals surface area contributed by atoms with Crippen LogP contribution >= 0.6 is 0 Å². The molecule has 0 aromatic heterocycles. The molecule has 0 bridgehead atoms. The number of amides is 2. The van der Waals surface area contributed by atoms with Gasteiger partial charge in [-0.1, -0.05) is 0 Å². The van der Waals surface area contributed by atoms with E-state index in [9.17, 15) is 22.8 Å². The first-order valence-electron chi connectivity index (χ1n) is 6.87. The highest BCUT2D eigenvalue weighted by Gasteiger charge is 2.32. The van der Waals surface area contributed by atoms with Crippen molar-refractivity contribution in [3.05, 3.63) is 0 Å². The van der Waals surface area contributed by atoms with Crippen LogP contribution in [0.25, 0.3) is 0 Å². The highest BCUT2D eigenvalue weighted by atomic mass is 19.4. The monoisotopic (exact) mass is 310 g/mol. The van der Waals surface area contributed by atoms with E-state index >= 15 is 0 Å². The lowest BCUT2D eigenvalue weighted by Gasteiger charge is -2.35. The summed E-state index contributed by atoms with van der Waals surface area (Å²) in [5.74, 6) is -1.01. The number of unbranched alkanes of at least 4 members (excludes halogenated alkanes) is 1. The third-order valence-electron chi connectivity index (χ3n) is 3.24. The maximum atomic E-state index is 12.1. The molecule has 4 N–H and O–H groups in total. The van der Waals surface area contributed by atoms with Crippen LogP contribution < -0.4 is 16.4 Å². The number of carbonyl (C=O) groups excluding carboxylic acids is 2. The Bertz CT molecular complexity index is 363. The molecule has 0 aromatic rings. The van der Waals surface area contributed by atoms with Crippen molar-refractivity contribution in [1.29, 1.82) is 0 Å². The van der Waals surface area contributed by atoms with E-state index in [1.165, 1.54) is 0 Å². The number of primary amides is 1. The Morgan fingerprint density at radius 2 is 2.05 bits per heavy atom. The molecule has 0 saturated carbocycles. The van der Waals surface area contributed by atoms with Gasteiger partial charge in [0.1, 0.15) is 12.6 Å². The molecule has 1 rings (SSSR count). The normalized spacial score (nSPS) is 20.2. The smallest absolute Gasteiger partial charge is 0.370 e. The van der Waals surface area contributed by atoms with Crippen LogP contribution in [0.4, 0.5) is 13.2 Å². The van der Waals surface area contributed by atoms with E-state index in [-0.39, 0.29) is 12.3 Å². The van der Waals surface area contributed by atoms with E-state index < -0.39 is 24.7 Å². The van der Waals surface area contributed by atoms with E-state index in [1.807, 2.05) is 10.2 Å². The fraction of sp³-hybridized carbons (Fsp3) is 0.833. The van der Waals surface area contributed by atoms with Crippen molar-refractivity contribution in [1.82, 2.24) is 15.5 Å². The number of nitrogens with two attached hydrogens (primary N) is 1. The van der Waals surface area contributed by atoms with Gasteiger partial charge in [0.2, 0.25) is 11.8 Å². The molecule has 122 valence electrons. The lowest BCUT2D eigenvalue weighted by atomic mass is 10.1. The second kappa shape index (κ2) is 8.18. The van der Waals surface area contributed by atoms with Gasteiger partial charge < -0.3 is 16.4 Å². The van der Waals surface area contributed by atoms with Crippen molar-refractivity contribution in [3.8, 4) is 0 Å². The van der Waals surface area contributed by atoms with Gasteiger partial charge in [0.25, 0.3) is 0 Å². The minimum atomic E-state index is -4.41. The number of alkyl halides is 3. The summed E-state index contributed by atoms with van der Waals surface area (Å²) < 4.78 is 36.4. The summed E-state index contributed by atoms with van der Waals surface area (Å²) in [6.45, 7) is 0.815. The molecule has 1 unspecified atom stereocenters. The first kappa shape index (κ1) is 17.7. The van der Waals surface area contributed by atoms with Crippen molar-refractivity contribution in [3.63, 3.8) is 0 Å². The zero-order valence-electron chi connectivity index (χ0n) is 11.7. The van der Waals surface area contributed by atoms with Crippen LogP contribution in [0, 0.1) is 0 Å². The summed E-state index contributed by atoms with van der Waals surface area (Å²) >= 11 is 0. The molecule has 0 spiro atoms. The SMILES string of the molecule is NC(=O)CCCCN1CCNCC1C(=O)NCC(F)(F)F. The minimum Gasteiger partial charge on any atom is -0.370 e. The molecule has 1 atom stereocenters. The maximum absolute atomic E-state index is 12.1. The fourth-order valence-corrected chi connectivity index (χ4v) is 2.19. The molecular weight excluding hydrogens is 289 g/mol. The Hall–Kier alpha value is -1.35. The molecule has 1 heterocycles. The van der Waals surface area contributed by atoms with E-state index in [4.69, 9.17) is 5.73 Å². The summed E-state index contributed by atoms with van der Waals surface area (Å²) in [5, 5.41) is 4.90. The van der Waals surface area contributed by atoms with Gasteiger partial charge >= 0.3 is 6.18 Å². The van der Waals surface area contributed by atoms with Gasteiger partial charge in [0.05, 0.1) is 0 Å². The van der Waals surface area contributed by atoms with Gasteiger partial charge in [-0.3, -0.25) is 14.5 Å². The summed E-state index contributed by atoms with van der Waals surface area (Å²) in [7, 11) is 0. The average molecular weight is 310 g/mol. The average Bonchev–Trinajstić information content (AvgIpc) is 2.40. The number of carbonyl (C=O) groups is 2. The van der Waals surface area contributed by atoms with Crippen molar-refractivity contribution >= 4 is 11.8 Å². The first-order valence-corrected chi connectivity index (χ1v) is 6.87. The van der Waals surface area contributed by atoms with Crippen molar-refractivity contribution in [2.45, 2.75) is 31.5 Å². The number of nitrogens with one attached hydrogen (secondary N) is 2. The molecule has 1 fully saturated rings. The lowest BCUT2D eigenvalue weighted by molar-refractivity contribution is -0.142. The largest absolute Gasteiger partial charge is 0.405 e. The summed E-state index contributed by atoms with van der Waals surface area (Å²) in [5.41, 5.74) is 5.03. The van der Waals surface area contributed by atoms with Crippen LogP contribution in [0.15, 0.2) is 0 Å². The van der Waals surface area contributed by atoms with Gasteiger partial charge in [-0.25, -0.2) is 0 Å². The standard InChI is InChI=1S/C12H21F3N4O2/c13-12(14,15)8-18-11(21)9-7-17-4-6-19(9)5-2-1-3-10(16)20/h9,17H,1-8H2,(H2,16,20)(H,18,21). The Morgan fingerprint density at radius 3 is 2.67 bits per heavy atom. The predicted octanol–water partition coefficient (Wildman–Crippen LogP) is -0.406. The lowest BCUT2D eigenvalue weighted by Crippen LogP contribution is -2.58. The van der Waals surface area contributed by atoms with Gasteiger partial charge in [-0.05, 0) is 19.4 Å². The van der Waals surface area contributed by atoms with Crippen LogP contribution in [-0.4, -0.2) is 61.7 Å². The second-order valence-electron chi connectivity index (χ2n) is 5.01. The summed E-state index contributed by atoms with van der Waals surface area (Å²) in [6, 6.07) is -0.616. The third kappa shape index (κ3) is 7.28. The van der Waals surface area contributed by atoms with E-state index in [1.54, 1.807) is 0 Å². The predicted molar refractivity (Wildman–Crippen MR) is 70.3 cm³/mol. The molecule has 1 aliphatic rings. The molecule has 6 nitrogen and oxygen atoms in total. The molecule has 1 aliphatic heterocycles. The molecule has 2 amide bonds. The molecule has 21 heavy (non-hydrogen) atoms. The zero-order valence-corrected chi connectivity index (χ0v) is 11.7. The number of halogens is 3. The van der Waals surface area contributed by atoms with Crippen molar-refractivity contribution in [2.75, 3.05) is 32.7 Å². The molecule has 1 saturated heterocycles. The molecular formula is C12H21F3N4O2. The van der Waals surface area contributed by atoms with E-state index in [0.29, 0.717) is 39.0 Å². The number of hydrogen-bond acceptors (Lipinski definition) is 4. The summed E-state index contributed by atoms with van der Waals surface area (Å²) in [6.07, 6.45) is -2.86. The van der Waals surface area contributed by atoms with Gasteiger partial charge in [-0.2, -0.15) is 13.2 Å². The van der Waals surface area contributed by atoms with Crippen LogP contribution in [0.2, 0.25) is 0 Å². The second-order valence-corrected chi connectivity index (χ2v) is 5.01. The highest BCUT2D eigenvalue weighted by molar-refractivity contribution is 5.82. The molecule has 0 aliphatic carbocycles. The fourth-order valence-electron chi connectivity index (χ4n) is 2.19. The third-order valence-corrected chi connectivity index (χ3v) is 3.24. The zero-order chi connectivity index (χ0) is 15.9. The van der Waals surface area contributed by atoms with Crippen LogP contribution in [0.1, 0.15) is 19.3 Å². The Balaban J connectivity index is 2.41. The van der Waals surface area contributed by atoms with Gasteiger partial charge in [-0.15, -0.1) is 0 Å². The van der Waals surface area contributed by atoms with Crippen molar-refractivity contribution in [2.24, 2.45) is 5.73 Å². The number of piperazine rings is 1. The minimum absolute atomic E-state index is 0.275.